The third-order valence-electron chi connectivity index (χ3n) is 4.03. The van der Waals surface area contributed by atoms with Crippen LogP contribution in [0.3, 0.4) is 0 Å². The molecule has 0 aliphatic carbocycles. The van der Waals surface area contributed by atoms with Gasteiger partial charge in [-0.15, -0.1) is 11.3 Å². The third kappa shape index (κ3) is 4.42. The van der Waals surface area contributed by atoms with Crippen LogP contribution in [0.2, 0.25) is 0 Å². The van der Waals surface area contributed by atoms with E-state index in [0.29, 0.717) is 32.4 Å². The first kappa shape index (κ1) is 18.4. The van der Waals surface area contributed by atoms with E-state index in [4.69, 9.17) is 4.74 Å². The maximum absolute atomic E-state index is 13.3. The Labute approximate surface area is 149 Å². The van der Waals surface area contributed by atoms with Crippen LogP contribution in [0.15, 0.2) is 40.6 Å². The molecule has 3 rings (SSSR count). The molecule has 0 spiro atoms. The Balaban J connectivity index is 1.76. The van der Waals surface area contributed by atoms with E-state index in [9.17, 15) is 17.2 Å². The summed E-state index contributed by atoms with van der Waals surface area (Å²) in [6, 6.07) is 6.28. The number of thiophene rings is 1. The van der Waals surface area contributed by atoms with Gasteiger partial charge in [-0.2, -0.15) is 0 Å². The summed E-state index contributed by atoms with van der Waals surface area (Å²) in [6.07, 6.45) is 0. The SMILES string of the molecule is O=S(=O)(NC[C@H](c1cccs1)N1CCOCC1)c1ccc(F)c(F)c1. The van der Waals surface area contributed by atoms with Crippen molar-refractivity contribution in [3.05, 3.63) is 52.2 Å². The van der Waals surface area contributed by atoms with Crippen molar-refractivity contribution in [3.63, 3.8) is 0 Å². The van der Waals surface area contributed by atoms with Gasteiger partial charge in [-0.25, -0.2) is 21.9 Å². The smallest absolute Gasteiger partial charge is 0.240 e. The summed E-state index contributed by atoms with van der Waals surface area (Å²) >= 11 is 1.55. The lowest BCUT2D eigenvalue weighted by molar-refractivity contribution is 0.0179. The standard InChI is InChI=1S/C16H18F2N2O3S2/c17-13-4-3-12(10-14(13)18)25(21,22)19-11-15(16-2-1-9-24-16)20-5-7-23-8-6-20/h1-4,9-10,15,19H,5-8,11H2/t15-/m1/s1. The van der Waals surface area contributed by atoms with Gasteiger partial charge in [0, 0.05) is 24.5 Å². The third-order valence-corrected chi connectivity index (χ3v) is 6.42. The molecule has 0 radical (unpaired) electrons. The van der Waals surface area contributed by atoms with Crippen LogP contribution in [-0.2, 0) is 14.8 Å². The molecule has 0 unspecified atom stereocenters. The van der Waals surface area contributed by atoms with E-state index in [-0.39, 0.29) is 17.5 Å². The predicted molar refractivity (Wildman–Crippen MR) is 91.0 cm³/mol. The largest absolute Gasteiger partial charge is 0.379 e. The molecule has 0 amide bonds. The maximum Gasteiger partial charge on any atom is 0.240 e. The van der Waals surface area contributed by atoms with Crippen molar-refractivity contribution in [2.75, 3.05) is 32.8 Å². The summed E-state index contributed by atoms with van der Waals surface area (Å²) in [7, 11) is -3.93. The average molecular weight is 388 g/mol. The highest BCUT2D eigenvalue weighted by molar-refractivity contribution is 7.89. The summed E-state index contributed by atoms with van der Waals surface area (Å²) in [6.45, 7) is 2.74. The van der Waals surface area contributed by atoms with Crippen molar-refractivity contribution < 1.29 is 21.9 Å². The number of ether oxygens (including phenoxy) is 1. The zero-order valence-corrected chi connectivity index (χ0v) is 15.0. The minimum atomic E-state index is -3.93. The minimum absolute atomic E-state index is 0.135. The van der Waals surface area contributed by atoms with Crippen LogP contribution >= 0.6 is 11.3 Å². The lowest BCUT2D eigenvalue weighted by Gasteiger charge is -2.34. The van der Waals surface area contributed by atoms with Crippen LogP contribution in [-0.4, -0.2) is 46.2 Å². The monoisotopic (exact) mass is 388 g/mol. The number of sulfonamides is 1. The Morgan fingerprint density at radius 2 is 1.96 bits per heavy atom. The first-order chi connectivity index (χ1) is 12.0. The summed E-state index contributed by atoms with van der Waals surface area (Å²) in [5.41, 5.74) is 0. The van der Waals surface area contributed by atoms with E-state index in [1.165, 1.54) is 0 Å². The lowest BCUT2D eigenvalue weighted by Crippen LogP contribution is -2.43. The Morgan fingerprint density at radius 1 is 1.20 bits per heavy atom. The van der Waals surface area contributed by atoms with Gasteiger partial charge in [0.2, 0.25) is 10.0 Å². The highest BCUT2D eigenvalue weighted by Gasteiger charge is 2.26. The predicted octanol–water partition coefficient (Wildman–Crippen LogP) is 2.38. The molecule has 1 aliphatic heterocycles. The zero-order chi connectivity index (χ0) is 17.9. The van der Waals surface area contributed by atoms with Crippen LogP contribution in [0.25, 0.3) is 0 Å². The van der Waals surface area contributed by atoms with Crippen LogP contribution < -0.4 is 4.72 Å². The average Bonchev–Trinajstić information content (AvgIpc) is 3.12. The molecule has 1 N–H and O–H groups in total. The van der Waals surface area contributed by atoms with Crippen molar-refractivity contribution in [1.29, 1.82) is 0 Å². The number of benzene rings is 1. The van der Waals surface area contributed by atoms with Gasteiger partial charge in [0.1, 0.15) is 0 Å². The number of morpholine rings is 1. The normalized spacial score (nSPS) is 17.5. The summed E-state index contributed by atoms with van der Waals surface area (Å²) < 4.78 is 59.0. The first-order valence-corrected chi connectivity index (χ1v) is 10.1. The highest BCUT2D eigenvalue weighted by Crippen LogP contribution is 2.26. The van der Waals surface area contributed by atoms with Crippen molar-refractivity contribution in [2.45, 2.75) is 10.9 Å². The number of hydrogen-bond donors (Lipinski definition) is 1. The second-order valence-corrected chi connectivity index (χ2v) is 8.35. The molecule has 1 aromatic heterocycles. The molecule has 1 fully saturated rings. The maximum atomic E-state index is 13.3. The van der Waals surface area contributed by atoms with E-state index in [1.807, 2.05) is 17.5 Å². The zero-order valence-electron chi connectivity index (χ0n) is 13.3. The quantitative estimate of drug-likeness (QED) is 0.826. The van der Waals surface area contributed by atoms with Crippen molar-refractivity contribution in [2.24, 2.45) is 0 Å². The van der Waals surface area contributed by atoms with E-state index in [2.05, 4.69) is 9.62 Å². The fourth-order valence-electron chi connectivity index (χ4n) is 2.70. The fraction of sp³-hybridized carbons (Fsp3) is 0.375. The molecule has 9 heteroatoms. The molecule has 0 bridgehead atoms. The highest BCUT2D eigenvalue weighted by atomic mass is 32.2. The first-order valence-electron chi connectivity index (χ1n) is 7.77. The van der Waals surface area contributed by atoms with Crippen LogP contribution in [0, 0.1) is 11.6 Å². The van der Waals surface area contributed by atoms with Gasteiger partial charge >= 0.3 is 0 Å². The second kappa shape index (κ2) is 7.88. The Bertz CT molecular complexity index is 807. The van der Waals surface area contributed by atoms with Crippen LogP contribution in [0.1, 0.15) is 10.9 Å². The molecule has 1 atom stereocenters. The van der Waals surface area contributed by atoms with Crippen LogP contribution in [0.5, 0.6) is 0 Å². The Hall–Kier alpha value is -1.39. The van der Waals surface area contributed by atoms with E-state index in [1.54, 1.807) is 11.3 Å². The minimum Gasteiger partial charge on any atom is -0.379 e. The summed E-state index contributed by atoms with van der Waals surface area (Å²) in [5.74, 6) is -2.27. The van der Waals surface area contributed by atoms with Crippen molar-refractivity contribution in [3.8, 4) is 0 Å². The van der Waals surface area contributed by atoms with Gasteiger partial charge in [-0.05, 0) is 29.6 Å². The number of hydrogen-bond acceptors (Lipinski definition) is 5. The van der Waals surface area contributed by atoms with Gasteiger partial charge in [0.15, 0.2) is 11.6 Å². The van der Waals surface area contributed by atoms with E-state index in [0.717, 1.165) is 17.0 Å². The second-order valence-electron chi connectivity index (χ2n) is 5.61. The number of nitrogens with zero attached hydrogens (tertiary/aromatic N) is 1. The molecule has 1 aliphatic rings. The Kier molecular flexibility index (Phi) is 5.80. The molecule has 5 nitrogen and oxygen atoms in total. The molecular formula is C16H18F2N2O3S2. The number of rotatable bonds is 6. The molecule has 2 aromatic rings. The van der Waals surface area contributed by atoms with Crippen molar-refractivity contribution in [1.82, 2.24) is 9.62 Å². The fourth-order valence-corrected chi connectivity index (χ4v) is 4.61. The van der Waals surface area contributed by atoms with Gasteiger partial charge in [-0.3, -0.25) is 4.90 Å². The molecule has 0 saturated carbocycles. The van der Waals surface area contributed by atoms with Gasteiger partial charge < -0.3 is 4.74 Å². The molecule has 1 saturated heterocycles. The topological polar surface area (TPSA) is 58.6 Å². The van der Waals surface area contributed by atoms with E-state index >= 15 is 0 Å². The lowest BCUT2D eigenvalue weighted by atomic mass is 10.2. The molecule has 2 heterocycles. The molecular weight excluding hydrogens is 370 g/mol. The summed E-state index contributed by atoms with van der Waals surface area (Å²) in [5, 5.41) is 1.94. The number of nitrogens with one attached hydrogen (secondary N) is 1. The molecule has 1 aromatic carbocycles. The summed E-state index contributed by atoms with van der Waals surface area (Å²) in [4.78, 5) is 2.90. The van der Waals surface area contributed by atoms with Gasteiger partial charge in [0.05, 0.1) is 24.2 Å². The Morgan fingerprint density at radius 3 is 2.60 bits per heavy atom. The molecule has 136 valence electrons. The van der Waals surface area contributed by atoms with Crippen LogP contribution in [0.4, 0.5) is 8.78 Å². The van der Waals surface area contributed by atoms with E-state index < -0.39 is 21.7 Å². The van der Waals surface area contributed by atoms with Gasteiger partial charge in [-0.1, -0.05) is 6.07 Å². The molecule has 25 heavy (non-hydrogen) atoms. The van der Waals surface area contributed by atoms with Gasteiger partial charge in [0.25, 0.3) is 0 Å². The van der Waals surface area contributed by atoms with Crippen molar-refractivity contribution >= 4 is 21.4 Å². The number of halogens is 2.